The first kappa shape index (κ1) is 9.54. The fraction of sp³-hybridized carbons (Fsp3) is 1.00. The monoisotopic (exact) mass is 170 g/mol. The molecule has 0 saturated heterocycles. The second-order valence-electron chi connectivity index (χ2n) is 2.56. The maximum atomic E-state index is 5.53. The van der Waals surface area contributed by atoms with Gasteiger partial charge < -0.3 is 4.74 Å². The Labute approximate surface area is 66.3 Å². The summed E-state index contributed by atoms with van der Waals surface area (Å²) in [4.78, 5) is -0.333. The predicted octanol–water partition coefficient (Wildman–Crippen LogP) is 2.61. The van der Waals surface area contributed by atoms with Crippen molar-refractivity contribution in [3.63, 3.8) is 0 Å². The van der Waals surface area contributed by atoms with Gasteiger partial charge >= 0.3 is 0 Å². The number of rotatable bonds is 3. The molecule has 9 heavy (non-hydrogen) atoms. The number of hydrogen-bond acceptors (Lipinski definition) is 1. The van der Waals surface area contributed by atoms with Crippen LogP contribution in [0.2, 0.25) is 0 Å². The highest BCUT2D eigenvalue weighted by atomic mass is 35.5. The molecule has 0 amide bonds. The van der Waals surface area contributed by atoms with Crippen LogP contribution in [0, 0.1) is 0 Å². The summed E-state index contributed by atoms with van der Waals surface area (Å²) in [6.45, 7) is 3.90. The second-order valence-corrected chi connectivity index (χ2v) is 3.84. The molecule has 0 saturated carbocycles. The van der Waals surface area contributed by atoms with Gasteiger partial charge in [0, 0.05) is 13.5 Å². The molecule has 0 aliphatic heterocycles. The molecule has 0 rings (SSSR count). The minimum Gasteiger partial charge on any atom is -0.379 e. The Balaban J connectivity index is 3.58. The number of halogens is 2. The SMILES string of the molecule is COC(C)(C)CC(Cl)Cl. The zero-order valence-corrected chi connectivity index (χ0v) is 7.46. The first-order valence-corrected chi connectivity index (χ1v) is 3.68. The fourth-order valence-electron chi connectivity index (χ4n) is 0.455. The van der Waals surface area contributed by atoms with Gasteiger partial charge in [-0.1, -0.05) is 0 Å². The highest BCUT2D eigenvalue weighted by Gasteiger charge is 2.19. The van der Waals surface area contributed by atoms with Crippen LogP contribution >= 0.6 is 23.2 Å². The lowest BCUT2D eigenvalue weighted by atomic mass is 10.1. The van der Waals surface area contributed by atoms with Gasteiger partial charge in [-0.05, 0) is 13.8 Å². The van der Waals surface area contributed by atoms with Crippen molar-refractivity contribution in [3.05, 3.63) is 0 Å². The minimum absolute atomic E-state index is 0.200. The second kappa shape index (κ2) is 3.65. The Bertz CT molecular complexity index is 81.1. The van der Waals surface area contributed by atoms with Gasteiger partial charge in [0.2, 0.25) is 0 Å². The summed E-state index contributed by atoms with van der Waals surface area (Å²) >= 11 is 11.1. The average molecular weight is 171 g/mol. The highest BCUT2D eigenvalue weighted by Crippen LogP contribution is 2.20. The van der Waals surface area contributed by atoms with E-state index in [0.29, 0.717) is 6.42 Å². The van der Waals surface area contributed by atoms with E-state index in [-0.39, 0.29) is 10.4 Å². The lowest BCUT2D eigenvalue weighted by Crippen LogP contribution is -2.24. The molecule has 0 aromatic carbocycles. The van der Waals surface area contributed by atoms with Gasteiger partial charge in [-0.15, -0.1) is 23.2 Å². The van der Waals surface area contributed by atoms with Crippen LogP contribution in [-0.2, 0) is 4.74 Å². The van der Waals surface area contributed by atoms with Crippen LogP contribution in [0.5, 0.6) is 0 Å². The van der Waals surface area contributed by atoms with Crippen LogP contribution in [0.15, 0.2) is 0 Å². The summed E-state index contributed by atoms with van der Waals surface area (Å²) in [6, 6.07) is 0. The van der Waals surface area contributed by atoms with E-state index in [9.17, 15) is 0 Å². The van der Waals surface area contributed by atoms with Gasteiger partial charge in [-0.2, -0.15) is 0 Å². The molecular weight excluding hydrogens is 159 g/mol. The Morgan fingerprint density at radius 1 is 1.44 bits per heavy atom. The summed E-state index contributed by atoms with van der Waals surface area (Å²) in [5.74, 6) is 0. The molecule has 0 aromatic rings. The zero-order valence-electron chi connectivity index (χ0n) is 5.95. The van der Waals surface area contributed by atoms with Crippen molar-refractivity contribution in [2.75, 3.05) is 7.11 Å². The van der Waals surface area contributed by atoms with Crippen molar-refractivity contribution in [3.8, 4) is 0 Å². The topological polar surface area (TPSA) is 9.23 Å². The maximum absolute atomic E-state index is 5.53. The van der Waals surface area contributed by atoms with E-state index in [4.69, 9.17) is 27.9 Å². The Hall–Kier alpha value is 0.540. The van der Waals surface area contributed by atoms with Gasteiger partial charge in [0.05, 0.1) is 5.60 Å². The van der Waals surface area contributed by atoms with E-state index < -0.39 is 0 Å². The molecule has 0 spiro atoms. The molecular formula is C6H12Cl2O. The van der Waals surface area contributed by atoms with E-state index in [1.165, 1.54) is 0 Å². The molecule has 0 radical (unpaired) electrons. The summed E-state index contributed by atoms with van der Waals surface area (Å²) in [6.07, 6.45) is 0.659. The van der Waals surface area contributed by atoms with Crippen LogP contribution in [0.3, 0.4) is 0 Å². The van der Waals surface area contributed by atoms with Crippen molar-refractivity contribution in [2.45, 2.75) is 30.7 Å². The Morgan fingerprint density at radius 2 is 1.89 bits per heavy atom. The highest BCUT2D eigenvalue weighted by molar-refractivity contribution is 6.44. The van der Waals surface area contributed by atoms with E-state index in [2.05, 4.69) is 0 Å². The van der Waals surface area contributed by atoms with Crippen molar-refractivity contribution in [1.82, 2.24) is 0 Å². The van der Waals surface area contributed by atoms with Crippen molar-refractivity contribution < 1.29 is 4.74 Å². The zero-order chi connectivity index (χ0) is 7.49. The van der Waals surface area contributed by atoms with E-state index in [1.54, 1.807) is 7.11 Å². The van der Waals surface area contributed by atoms with Crippen molar-refractivity contribution in [1.29, 1.82) is 0 Å². The van der Waals surface area contributed by atoms with Gasteiger partial charge in [-0.25, -0.2) is 0 Å². The third-order valence-electron chi connectivity index (χ3n) is 1.20. The lowest BCUT2D eigenvalue weighted by Gasteiger charge is -2.22. The third kappa shape index (κ3) is 5.01. The van der Waals surface area contributed by atoms with Crippen LogP contribution in [0.25, 0.3) is 0 Å². The van der Waals surface area contributed by atoms with Crippen LogP contribution < -0.4 is 0 Å². The molecule has 0 aliphatic rings. The molecule has 3 heteroatoms. The average Bonchev–Trinajstić information content (AvgIpc) is 1.63. The van der Waals surface area contributed by atoms with Crippen molar-refractivity contribution in [2.24, 2.45) is 0 Å². The normalized spacial score (nSPS) is 12.7. The molecule has 0 aromatic heterocycles. The van der Waals surface area contributed by atoms with Crippen LogP contribution in [0.4, 0.5) is 0 Å². The molecule has 0 N–H and O–H groups in total. The molecule has 0 aliphatic carbocycles. The molecule has 0 unspecified atom stereocenters. The molecule has 0 fully saturated rings. The van der Waals surface area contributed by atoms with Gasteiger partial charge in [0.25, 0.3) is 0 Å². The van der Waals surface area contributed by atoms with E-state index >= 15 is 0 Å². The Morgan fingerprint density at radius 3 is 2.00 bits per heavy atom. The van der Waals surface area contributed by atoms with E-state index in [1.807, 2.05) is 13.8 Å². The largest absolute Gasteiger partial charge is 0.379 e. The lowest BCUT2D eigenvalue weighted by molar-refractivity contribution is 0.0185. The molecule has 0 heterocycles. The first-order valence-electron chi connectivity index (χ1n) is 2.81. The minimum atomic E-state index is -0.333. The summed E-state index contributed by atoms with van der Waals surface area (Å²) in [5, 5.41) is 0. The molecule has 1 nitrogen and oxygen atoms in total. The third-order valence-corrected chi connectivity index (χ3v) is 1.51. The number of methoxy groups -OCH3 is 1. The summed E-state index contributed by atoms with van der Waals surface area (Å²) in [7, 11) is 1.65. The van der Waals surface area contributed by atoms with Gasteiger partial charge in [-0.3, -0.25) is 0 Å². The summed E-state index contributed by atoms with van der Waals surface area (Å²) < 4.78 is 5.08. The summed E-state index contributed by atoms with van der Waals surface area (Å²) in [5.41, 5.74) is -0.200. The fourth-order valence-corrected chi connectivity index (χ4v) is 1.20. The first-order chi connectivity index (χ1) is 3.98. The van der Waals surface area contributed by atoms with Gasteiger partial charge in [0.1, 0.15) is 4.84 Å². The molecule has 0 atom stereocenters. The molecule has 0 bridgehead atoms. The predicted molar refractivity (Wildman–Crippen MR) is 41.2 cm³/mol. The number of alkyl halides is 2. The quantitative estimate of drug-likeness (QED) is 0.593. The van der Waals surface area contributed by atoms with E-state index in [0.717, 1.165) is 0 Å². The Kier molecular flexibility index (Phi) is 3.86. The van der Waals surface area contributed by atoms with Gasteiger partial charge in [0.15, 0.2) is 0 Å². The number of hydrogen-bond donors (Lipinski definition) is 0. The van der Waals surface area contributed by atoms with Crippen molar-refractivity contribution >= 4 is 23.2 Å². The smallest absolute Gasteiger partial charge is 0.110 e. The molecule has 56 valence electrons. The standard InChI is InChI=1S/C6H12Cl2O/c1-6(2,9-3)4-5(7)8/h5H,4H2,1-3H3. The maximum Gasteiger partial charge on any atom is 0.110 e. The van der Waals surface area contributed by atoms with Crippen LogP contribution in [0.1, 0.15) is 20.3 Å². The van der Waals surface area contributed by atoms with Crippen LogP contribution in [-0.4, -0.2) is 17.5 Å². The number of ether oxygens (including phenoxy) is 1.